The predicted molar refractivity (Wildman–Crippen MR) is 121 cm³/mol. The number of nitrogens with one attached hydrogen (secondary N) is 1. The van der Waals surface area contributed by atoms with Gasteiger partial charge in [-0.05, 0) is 56.6 Å². The van der Waals surface area contributed by atoms with Gasteiger partial charge in [-0.25, -0.2) is 4.98 Å². The van der Waals surface area contributed by atoms with Gasteiger partial charge in [-0.1, -0.05) is 6.92 Å². The van der Waals surface area contributed by atoms with Crippen molar-refractivity contribution in [3.05, 3.63) is 34.2 Å². The van der Waals surface area contributed by atoms with E-state index in [1.54, 1.807) is 22.9 Å². The Morgan fingerprint density at radius 3 is 2.72 bits per heavy atom. The van der Waals surface area contributed by atoms with Gasteiger partial charge in [0.25, 0.3) is 11.5 Å². The largest absolute Gasteiger partial charge is 0.506 e. The number of aromatic nitrogens is 2. The molecule has 1 aliphatic carbocycles. The van der Waals surface area contributed by atoms with E-state index in [-0.39, 0.29) is 23.5 Å². The van der Waals surface area contributed by atoms with E-state index in [0.717, 1.165) is 51.7 Å². The highest BCUT2D eigenvalue weighted by Crippen LogP contribution is 2.28. The first-order chi connectivity index (χ1) is 15.5. The van der Waals surface area contributed by atoms with Crippen LogP contribution in [0.2, 0.25) is 0 Å². The highest BCUT2D eigenvalue weighted by atomic mass is 16.5. The second kappa shape index (κ2) is 8.83. The molecule has 172 valence electrons. The Hall–Kier alpha value is -2.45. The molecule has 1 amide bonds. The van der Waals surface area contributed by atoms with Crippen LogP contribution in [0.15, 0.2) is 23.1 Å². The lowest BCUT2D eigenvalue weighted by atomic mass is 9.87. The number of hydrogen-bond acceptors (Lipinski definition) is 6. The van der Waals surface area contributed by atoms with Gasteiger partial charge in [0.05, 0.1) is 18.1 Å². The number of aromatic hydroxyl groups is 1. The molecule has 3 aliphatic heterocycles. The summed E-state index contributed by atoms with van der Waals surface area (Å²) >= 11 is 0. The normalized spacial score (nSPS) is 28.2. The molecule has 2 N–H and O–H groups in total. The van der Waals surface area contributed by atoms with Crippen LogP contribution in [0.25, 0.3) is 11.0 Å². The minimum absolute atomic E-state index is 0.0412. The summed E-state index contributed by atoms with van der Waals surface area (Å²) in [6, 6.07) is 3.84. The summed E-state index contributed by atoms with van der Waals surface area (Å²) in [6.45, 7) is 4.93. The molecule has 0 spiro atoms. The molecule has 3 saturated heterocycles. The minimum Gasteiger partial charge on any atom is -0.506 e. The molecule has 8 nitrogen and oxygen atoms in total. The Morgan fingerprint density at radius 1 is 1.22 bits per heavy atom. The average molecular weight is 441 g/mol. The van der Waals surface area contributed by atoms with Crippen molar-refractivity contribution in [1.82, 2.24) is 19.8 Å². The molecule has 5 heterocycles. The van der Waals surface area contributed by atoms with E-state index >= 15 is 0 Å². The molecule has 1 saturated carbocycles. The number of hydrogen-bond donors (Lipinski definition) is 2. The summed E-state index contributed by atoms with van der Waals surface area (Å²) in [4.78, 5) is 33.3. The van der Waals surface area contributed by atoms with Gasteiger partial charge in [-0.3, -0.25) is 19.1 Å². The van der Waals surface area contributed by atoms with E-state index in [9.17, 15) is 14.7 Å². The standard InChI is InChI=1S/C24H32N4O4/c1-15-4-6-16(7-5-15)26-23(30)20-21(29)19-3-2-10-25-22(19)28(24(20)31)12-11-27-13-18-9-8-17(27)14-32-18/h2-3,10,15-18,29H,4-9,11-14H2,1H3,(H,26,30). The number of pyridine rings is 2. The van der Waals surface area contributed by atoms with Gasteiger partial charge in [0.1, 0.15) is 17.0 Å². The van der Waals surface area contributed by atoms with Crippen molar-refractivity contribution in [2.45, 2.75) is 70.2 Å². The third kappa shape index (κ3) is 4.01. The molecule has 4 fully saturated rings. The molecular weight excluding hydrogens is 408 g/mol. The fourth-order valence-corrected chi connectivity index (χ4v) is 5.48. The average Bonchev–Trinajstić information content (AvgIpc) is 2.81. The Labute approximate surface area is 187 Å². The molecule has 2 unspecified atom stereocenters. The summed E-state index contributed by atoms with van der Waals surface area (Å²) < 4.78 is 7.34. The van der Waals surface area contributed by atoms with Crippen LogP contribution < -0.4 is 10.9 Å². The Balaban J connectivity index is 1.43. The number of carbonyl (C=O) groups is 1. The van der Waals surface area contributed by atoms with Gasteiger partial charge in [0.2, 0.25) is 0 Å². The second-order valence-electron chi connectivity index (χ2n) is 9.67. The Kier molecular flexibility index (Phi) is 5.90. The molecule has 0 radical (unpaired) electrons. The molecule has 0 aromatic carbocycles. The number of piperidine rings is 1. The van der Waals surface area contributed by atoms with E-state index in [2.05, 4.69) is 22.1 Å². The maximum absolute atomic E-state index is 13.4. The topological polar surface area (TPSA) is 96.7 Å². The van der Waals surface area contributed by atoms with Crippen LogP contribution in [0.4, 0.5) is 0 Å². The van der Waals surface area contributed by atoms with Crippen LogP contribution in [0.3, 0.4) is 0 Å². The maximum Gasteiger partial charge on any atom is 0.268 e. The first-order valence-corrected chi connectivity index (χ1v) is 11.9. The zero-order valence-electron chi connectivity index (χ0n) is 18.6. The van der Waals surface area contributed by atoms with Crippen LogP contribution in [0.1, 0.15) is 55.8 Å². The number of rotatable bonds is 5. The van der Waals surface area contributed by atoms with Crippen LogP contribution >= 0.6 is 0 Å². The SMILES string of the molecule is CC1CCC(NC(=O)c2c(O)c3cccnc3n(CCN3CC4CCC3CO4)c2=O)CC1. The lowest BCUT2D eigenvalue weighted by Crippen LogP contribution is -2.55. The molecule has 2 aromatic heterocycles. The molecule has 4 aliphatic rings. The third-order valence-corrected chi connectivity index (χ3v) is 7.48. The zero-order chi connectivity index (χ0) is 22.2. The Morgan fingerprint density at radius 2 is 2.03 bits per heavy atom. The van der Waals surface area contributed by atoms with Gasteiger partial charge >= 0.3 is 0 Å². The number of ether oxygens (including phenoxy) is 1. The van der Waals surface area contributed by atoms with Crippen molar-refractivity contribution in [3.8, 4) is 5.75 Å². The number of nitrogens with zero attached hydrogens (tertiary/aromatic N) is 3. The summed E-state index contributed by atoms with van der Waals surface area (Å²) in [5, 5.41) is 14.3. The van der Waals surface area contributed by atoms with E-state index < -0.39 is 11.5 Å². The van der Waals surface area contributed by atoms with Crippen molar-refractivity contribution in [1.29, 1.82) is 0 Å². The third-order valence-electron chi connectivity index (χ3n) is 7.48. The first kappa shape index (κ1) is 21.4. The number of amides is 1. The fourth-order valence-electron chi connectivity index (χ4n) is 5.48. The summed E-state index contributed by atoms with van der Waals surface area (Å²) in [6.07, 6.45) is 8.00. The van der Waals surface area contributed by atoms with Crippen LogP contribution in [-0.2, 0) is 11.3 Å². The quantitative estimate of drug-likeness (QED) is 0.741. The molecular formula is C24H32N4O4. The van der Waals surface area contributed by atoms with E-state index in [4.69, 9.17) is 4.74 Å². The Bertz CT molecular complexity index is 1050. The predicted octanol–water partition coefficient (Wildman–Crippen LogP) is 2.27. The van der Waals surface area contributed by atoms with Crippen molar-refractivity contribution in [2.24, 2.45) is 5.92 Å². The molecule has 2 aromatic rings. The van der Waals surface area contributed by atoms with Crippen molar-refractivity contribution in [2.75, 3.05) is 19.7 Å². The molecule has 32 heavy (non-hydrogen) atoms. The fraction of sp³-hybridized carbons (Fsp3) is 0.625. The molecule has 2 bridgehead atoms. The molecule has 6 rings (SSSR count). The summed E-state index contributed by atoms with van der Waals surface area (Å²) in [5.74, 6) is -0.102. The van der Waals surface area contributed by atoms with Crippen LogP contribution in [0, 0.1) is 5.92 Å². The highest BCUT2D eigenvalue weighted by molar-refractivity contribution is 6.01. The number of fused-ring (bicyclic) bond motifs is 4. The van der Waals surface area contributed by atoms with Crippen molar-refractivity contribution < 1.29 is 14.6 Å². The van der Waals surface area contributed by atoms with E-state index in [0.29, 0.717) is 36.1 Å². The minimum atomic E-state index is -0.489. The van der Waals surface area contributed by atoms with Gasteiger partial charge in [0, 0.05) is 37.9 Å². The smallest absolute Gasteiger partial charge is 0.268 e. The lowest BCUT2D eigenvalue weighted by molar-refractivity contribution is -0.106. The van der Waals surface area contributed by atoms with Crippen molar-refractivity contribution >= 4 is 16.9 Å². The van der Waals surface area contributed by atoms with Gasteiger partial charge < -0.3 is 15.2 Å². The van der Waals surface area contributed by atoms with Crippen LogP contribution in [0.5, 0.6) is 5.75 Å². The van der Waals surface area contributed by atoms with E-state index in [1.807, 2.05) is 0 Å². The maximum atomic E-state index is 13.4. The highest BCUT2D eigenvalue weighted by Gasteiger charge is 2.34. The van der Waals surface area contributed by atoms with Gasteiger partial charge in [-0.15, -0.1) is 0 Å². The van der Waals surface area contributed by atoms with Crippen LogP contribution in [-0.4, -0.2) is 63.3 Å². The first-order valence-electron chi connectivity index (χ1n) is 11.9. The zero-order valence-corrected chi connectivity index (χ0v) is 18.6. The number of morpholine rings is 1. The lowest BCUT2D eigenvalue weighted by Gasteiger charge is -2.45. The number of carbonyl (C=O) groups excluding carboxylic acids is 1. The van der Waals surface area contributed by atoms with E-state index in [1.165, 1.54) is 0 Å². The molecule has 2 atom stereocenters. The van der Waals surface area contributed by atoms with Crippen molar-refractivity contribution in [3.63, 3.8) is 0 Å². The molecule has 8 heteroatoms. The summed E-state index contributed by atoms with van der Waals surface area (Å²) in [5.41, 5.74) is -0.238. The monoisotopic (exact) mass is 440 g/mol. The summed E-state index contributed by atoms with van der Waals surface area (Å²) in [7, 11) is 0. The van der Waals surface area contributed by atoms with Gasteiger partial charge in [0.15, 0.2) is 0 Å². The second-order valence-corrected chi connectivity index (χ2v) is 9.67. The van der Waals surface area contributed by atoms with Gasteiger partial charge in [-0.2, -0.15) is 0 Å².